The van der Waals surface area contributed by atoms with Crippen molar-refractivity contribution in [3.63, 3.8) is 0 Å². The van der Waals surface area contributed by atoms with Crippen LogP contribution in [-0.4, -0.2) is 38.7 Å². The molecule has 106 valence electrons. The number of rotatable bonds is 1. The summed E-state index contributed by atoms with van der Waals surface area (Å²) in [6.45, 7) is 0.657. The fourth-order valence-electron chi connectivity index (χ4n) is 2.59. The maximum atomic E-state index is 11.7. The highest BCUT2D eigenvalue weighted by molar-refractivity contribution is 5.97. The van der Waals surface area contributed by atoms with E-state index < -0.39 is 0 Å². The van der Waals surface area contributed by atoms with Crippen molar-refractivity contribution in [2.24, 2.45) is 0 Å². The molecule has 0 fully saturated rings. The summed E-state index contributed by atoms with van der Waals surface area (Å²) in [5, 5.41) is 3.14. The van der Waals surface area contributed by atoms with Crippen LogP contribution >= 0.6 is 0 Å². The largest absolute Gasteiger partial charge is 0.482 e. The molecular formula is C14H16N2O4. The monoisotopic (exact) mass is 276 g/mol. The molecule has 0 bridgehead atoms. The van der Waals surface area contributed by atoms with Crippen LogP contribution in [0.15, 0.2) is 12.1 Å². The van der Waals surface area contributed by atoms with Crippen molar-refractivity contribution in [1.29, 1.82) is 0 Å². The van der Waals surface area contributed by atoms with Gasteiger partial charge in [-0.25, -0.2) is 0 Å². The third-order valence-corrected chi connectivity index (χ3v) is 3.82. The second-order valence-corrected chi connectivity index (χ2v) is 4.99. The quantitative estimate of drug-likeness (QED) is 0.744. The molecule has 1 aromatic rings. The summed E-state index contributed by atoms with van der Waals surface area (Å²) in [4.78, 5) is 24.9. The van der Waals surface area contributed by atoms with Crippen LogP contribution in [0.1, 0.15) is 11.1 Å². The van der Waals surface area contributed by atoms with E-state index in [0.29, 0.717) is 18.7 Å². The maximum absolute atomic E-state index is 11.7. The Morgan fingerprint density at radius 3 is 3.00 bits per heavy atom. The Bertz CT molecular complexity index is 585. The van der Waals surface area contributed by atoms with Crippen molar-refractivity contribution < 1.29 is 19.1 Å². The lowest BCUT2D eigenvalue weighted by Crippen LogP contribution is -2.43. The van der Waals surface area contributed by atoms with Crippen molar-refractivity contribution in [1.82, 2.24) is 5.32 Å². The summed E-state index contributed by atoms with van der Waals surface area (Å²) in [7, 11) is 3.11. The number of hydrogen-bond donors (Lipinski definition) is 1. The number of methoxy groups -OCH3 is 1. The van der Waals surface area contributed by atoms with E-state index in [9.17, 15) is 9.59 Å². The zero-order valence-electron chi connectivity index (χ0n) is 11.4. The van der Waals surface area contributed by atoms with Gasteiger partial charge in [-0.05, 0) is 29.7 Å². The van der Waals surface area contributed by atoms with Crippen molar-refractivity contribution in [2.75, 3.05) is 25.7 Å². The molecule has 3 rings (SSSR count). The molecule has 0 saturated carbocycles. The Labute approximate surface area is 116 Å². The summed E-state index contributed by atoms with van der Waals surface area (Å²) in [6, 6.07) is 3.53. The Morgan fingerprint density at radius 1 is 1.45 bits per heavy atom. The van der Waals surface area contributed by atoms with Gasteiger partial charge in [0.2, 0.25) is 0 Å². The number of nitrogens with zero attached hydrogens (tertiary/aromatic N) is 1. The molecule has 0 spiro atoms. The number of nitrogens with one attached hydrogen (secondary N) is 1. The normalized spacial score (nSPS) is 20.8. The molecule has 0 unspecified atom stereocenters. The Morgan fingerprint density at radius 2 is 2.25 bits per heavy atom. The number of esters is 1. The van der Waals surface area contributed by atoms with Crippen LogP contribution in [0, 0.1) is 0 Å². The SMILES string of the molecule is COC(=O)[C@@H]1Cc2cc3c(cc2CN1)OCC(=O)N3C. The summed E-state index contributed by atoms with van der Waals surface area (Å²) >= 11 is 0. The predicted molar refractivity (Wildman–Crippen MR) is 71.7 cm³/mol. The van der Waals surface area contributed by atoms with E-state index in [2.05, 4.69) is 5.32 Å². The van der Waals surface area contributed by atoms with Crippen LogP contribution in [0.3, 0.4) is 0 Å². The molecule has 1 N–H and O–H groups in total. The molecule has 2 heterocycles. The molecular weight excluding hydrogens is 260 g/mol. The average molecular weight is 276 g/mol. The van der Waals surface area contributed by atoms with Gasteiger partial charge in [0.1, 0.15) is 11.8 Å². The molecule has 0 saturated heterocycles. The lowest BCUT2D eigenvalue weighted by molar-refractivity contribution is -0.143. The highest BCUT2D eigenvalue weighted by Crippen LogP contribution is 2.35. The lowest BCUT2D eigenvalue weighted by Gasteiger charge is -2.30. The smallest absolute Gasteiger partial charge is 0.323 e. The van der Waals surface area contributed by atoms with Crippen LogP contribution in [0.4, 0.5) is 5.69 Å². The zero-order valence-corrected chi connectivity index (χ0v) is 11.4. The zero-order chi connectivity index (χ0) is 14.3. The van der Waals surface area contributed by atoms with Crippen LogP contribution in [0.2, 0.25) is 0 Å². The van der Waals surface area contributed by atoms with Gasteiger partial charge in [-0.3, -0.25) is 9.59 Å². The molecule has 0 aliphatic carbocycles. The van der Waals surface area contributed by atoms with Crippen LogP contribution < -0.4 is 15.0 Å². The van der Waals surface area contributed by atoms with Gasteiger partial charge < -0.3 is 19.7 Å². The van der Waals surface area contributed by atoms with Gasteiger partial charge in [0.15, 0.2) is 6.61 Å². The molecule has 2 aliphatic rings. The van der Waals surface area contributed by atoms with Crippen LogP contribution in [0.5, 0.6) is 5.75 Å². The number of ether oxygens (including phenoxy) is 2. The number of amides is 1. The minimum Gasteiger partial charge on any atom is -0.482 e. The minimum atomic E-state index is -0.337. The van der Waals surface area contributed by atoms with Gasteiger partial charge in [0.25, 0.3) is 5.91 Å². The predicted octanol–water partition coefficient (Wildman–Crippen LogP) is 0.229. The Balaban J connectivity index is 1.95. The second kappa shape index (κ2) is 4.79. The van der Waals surface area contributed by atoms with E-state index in [1.807, 2.05) is 12.1 Å². The third-order valence-electron chi connectivity index (χ3n) is 3.82. The number of carbonyl (C=O) groups excluding carboxylic acids is 2. The van der Waals surface area contributed by atoms with Crippen molar-refractivity contribution in [2.45, 2.75) is 19.0 Å². The van der Waals surface area contributed by atoms with Gasteiger partial charge >= 0.3 is 5.97 Å². The van der Waals surface area contributed by atoms with Gasteiger partial charge in [-0.15, -0.1) is 0 Å². The van der Waals surface area contributed by atoms with E-state index in [1.54, 1.807) is 11.9 Å². The van der Waals surface area contributed by atoms with Crippen molar-refractivity contribution in [3.05, 3.63) is 23.3 Å². The number of fused-ring (bicyclic) bond motifs is 2. The maximum Gasteiger partial charge on any atom is 0.323 e. The van der Waals surface area contributed by atoms with Gasteiger partial charge in [0.05, 0.1) is 12.8 Å². The first-order valence-electron chi connectivity index (χ1n) is 6.46. The van der Waals surface area contributed by atoms with E-state index in [0.717, 1.165) is 16.8 Å². The molecule has 1 atom stereocenters. The van der Waals surface area contributed by atoms with Gasteiger partial charge in [0, 0.05) is 13.6 Å². The number of hydrogen-bond acceptors (Lipinski definition) is 5. The Hall–Kier alpha value is -2.08. The fourth-order valence-corrected chi connectivity index (χ4v) is 2.59. The van der Waals surface area contributed by atoms with Gasteiger partial charge in [-0.1, -0.05) is 0 Å². The van der Waals surface area contributed by atoms with Crippen LogP contribution in [0.25, 0.3) is 0 Å². The lowest BCUT2D eigenvalue weighted by atomic mass is 9.94. The summed E-state index contributed by atoms with van der Waals surface area (Å²) in [6.07, 6.45) is 0.553. The number of likely N-dealkylation sites (N-methyl/N-ethyl adjacent to an activating group) is 1. The minimum absolute atomic E-state index is 0.0699. The molecule has 20 heavy (non-hydrogen) atoms. The third kappa shape index (κ3) is 2.02. The molecule has 6 heteroatoms. The average Bonchev–Trinajstić information content (AvgIpc) is 2.48. The number of benzene rings is 1. The molecule has 2 aliphatic heterocycles. The summed E-state index contributed by atoms with van der Waals surface area (Å²) in [5.74, 6) is 0.370. The molecule has 1 aromatic carbocycles. The van der Waals surface area contributed by atoms with Gasteiger partial charge in [-0.2, -0.15) is 0 Å². The second-order valence-electron chi connectivity index (χ2n) is 4.99. The first kappa shape index (κ1) is 12.9. The fraction of sp³-hybridized carbons (Fsp3) is 0.429. The molecule has 0 aromatic heterocycles. The number of carbonyl (C=O) groups is 2. The first-order chi connectivity index (χ1) is 9.60. The topological polar surface area (TPSA) is 67.9 Å². The van der Waals surface area contributed by atoms with Crippen molar-refractivity contribution >= 4 is 17.6 Å². The first-order valence-corrected chi connectivity index (χ1v) is 6.46. The number of anilines is 1. The van der Waals surface area contributed by atoms with Crippen LogP contribution in [-0.2, 0) is 27.3 Å². The standard InChI is InChI=1S/C14H16N2O4/c1-16-11-4-8-3-10(14(18)19-2)15-6-9(8)5-12(11)20-7-13(16)17/h4-5,10,15H,3,6-7H2,1-2H3/t10-/m0/s1. The highest BCUT2D eigenvalue weighted by Gasteiger charge is 2.29. The molecule has 0 radical (unpaired) electrons. The molecule has 1 amide bonds. The molecule has 6 nitrogen and oxygen atoms in total. The van der Waals surface area contributed by atoms with E-state index in [1.165, 1.54) is 7.11 Å². The highest BCUT2D eigenvalue weighted by atomic mass is 16.5. The van der Waals surface area contributed by atoms with E-state index in [-0.39, 0.29) is 24.5 Å². The summed E-state index contributed by atoms with van der Waals surface area (Å²) < 4.78 is 10.2. The Kier molecular flexibility index (Phi) is 3.10. The summed E-state index contributed by atoms with van der Waals surface area (Å²) in [5.41, 5.74) is 2.89. The van der Waals surface area contributed by atoms with E-state index in [4.69, 9.17) is 9.47 Å². The van der Waals surface area contributed by atoms with E-state index >= 15 is 0 Å². The van der Waals surface area contributed by atoms with Crippen molar-refractivity contribution in [3.8, 4) is 5.75 Å².